The first kappa shape index (κ1) is 26.6. The molecular formula is C32H34ClN7S. The van der Waals surface area contributed by atoms with E-state index in [-0.39, 0.29) is 5.28 Å². The number of pyridine rings is 1. The highest BCUT2D eigenvalue weighted by Gasteiger charge is 2.35. The number of halogens is 1. The Balaban J connectivity index is 1.09. The Hall–Kier alpha value is -3.33. The summed E-state index contributed by atoms with van der Waals surface area (Å²) in [5.41, 5.74) is 12.0. The van der Waals surface area contributed by atoms with Crippen molar-refractivity contribution in [3.63, 3.8) is 0 Å². The highest BCUT2D eigenvalue weighted by atomic mass is 35.5. The summed E-state index contributed by atoms with van der Waals surface area (Å²) < 4.78 is 2.32. The van der Waals surface area contributed by atoms with Gasteiger partial charge in [0.05, 0.1) is 11.1 Å². The number of nitrogens with two attached hydrogens (primary N) is 1. The summed E-state index contributed by atoms with van der Waals surface area (Å²) in [6.45, 7) is 3.35. The van der Waals surface area contributed by atoms with Crippen LogP contribution in [0.5, 0.6) is 0 Å². The summed E-state index contributed by atoms with van der Waals surface area (Å²) in [6.07, 6.45) is 12.9. The smallest absolute Gasteiger partial charge is 0.226 e. The van der Waals surface area contributed by atoms with Gasteiger partial charge in [0.15, 0.2) is 0 Å². The fourth-order valence-electron chi connectivity index (χ4n) is 6.91. The molecular weight excluding hydrogens is 550 g/mol. The van der Waals surface area contributed by atoms with E-state index in [0.29, 0.717) is 11.9 Å². The number of hydrogen-bond donors (Lipinski definition) is 1. The maximum Gasteiger partial charge on any atom is 0.226 e. The largest absolute Gasteiger partial charge is 0.383 e. The minimum absolute atomic E-state index is 0.195. The van der Waals surface area contributed by atoms with Gasteiger partial charge in [-0.1, -0.05) is 30.3 Å². The predicted octanol–water partition coefficient (Wildman–Crippen LogP) is 7.03. The van der Waals surface area contributed by atoms with E-state index >= 15 is 0 Å². The van der Waals surface area contributed by atoms with Gasteiger partial charge in [-0.3, -0.25) is 9.88 Å². The molecule has 7 nitrogen and oxygen atoms in total. The van der Waals surface area contributed by atoms with E-state index in [2.05, 4.69) is 67.4 Å². The van der Waals surface area contributed by atoms with E-state index in [1.807, 2.05) is 18.5 Å². The summed E-state index contributed by atoms with van der Waals surface area (Å²) in [6, 6.07) is 15.1. The van der Waals surface area contributed by atoms with Crippen LogP contribution in [0.1, 0.15) is 55.0 Å². The molecule has 0 radical (unpaired) electrons. The van der Waals surface area contributed by atoms with Gasteiger partial charge >= 0.3 is 0 Å². The normalized spacial score (nSPS) is 20.2. The van der Waals surface area contributed by atoms with Gasteiger partial charge in [0.25, 0.3) is 0 Å². The number of aromatic nitrogens is 5. The molecule has 2 aliphatic rings. The monoisotopic (exact) mass is 583 g/mol. The summed E-state index contributed by atoms with van der Waals surface area (Å²) in [4.78, 5) is 20.8. The van der Waals surface area contributed by atoms with Crippen molar-refractivity contribution in [2.45, 2.75) is 51.1 Å². The quantitative estimate of drug-likeness (QED) is 0.207. The molecule has 1 aliphatic carbocycles. The Kier molecular flexibility index (Phi) is 7.46. The number of piperidine rings is 1. The summed E-state index contributed by atoms with van der Waals surface area (Å²) >= 11 is 7.99. The molecule has 2 fully saturated rings. The molecule has 1 saturated carbocycles. The van der Waals surface area contributed by atoms with Crippen molar-refractivity contribution < 1.29 is 0 Å². The van der Waals surface area contributed by atoms with Gasteiger partial charge in [-0.05, 0) is 91.9 Å². The average molecular weight is 584 g/mol. The number of likely N-dealkylation sites (tertiary alicyclic amines) is 1. The molecule has 1 aromatic carbocycles. The second-order valence-electron chi connectivity index (χ2n) is 11.5. The fraction of sp³-hybridized carbons (Fsp3) is 0.375. The van der Waals surface area contributed by atoms with Crippen LogP contribution in [0.3, 0.4) is 0 Å². The number of anilines is 1. The standard InChI is InChI=1S/C32H34ClN7S/c33-32-37-29(34)28-27(31-36-25(20-41-31)16-21-4-2-1-3-5-21)19-40(30(28)38-32)26-7-6-24(17-26)23-10-14-39(15-11-23)18-22-8-12-35-13-9-22/h1-5,8-9,12-13,19-20,23-24,26H,6-7,10-11,14-18H2,(H2,34,37,38). The minimum Gasteiger partial charge on any atom is -0.383 e. The van der Waals surface area contributed by atoms with Crippen molar-refractivity contribution in [3.8, 4) is 10.6 Å². The molecule has 2 atom stereocenters. The molecule has 1 saturated heterocycles. The lowest BCUT2D eigenvalue weighted by Gasteiger charge is -2.35. The first-order valence-electron chi connectivity index (χ1n) is 14.5. The van der Waals surface area contributed by atoms with E-state index in [1.165, 1.54) is 43.5 Å². The maximum absolute atomic E-state index is 6.47. The number of nitrogen functional groups attached to an aromatic ring is 1. The van der Waals surface area contributed by atoms with Crippen LogP contribution in [-0.4, -0.2) is 42.5 Å². The van der Waals surface area contributed by atoms with Gasteiger partial charge in [-0.25, -0.2) is 9.97 Å². The van der Waals surface area contributed by atoms with Gasteiger partial charge in [0, 0.05) is 48.5 Å². The molecule has 1 aliphatic heterocycles. The van der Waals surface area contributed by atoms with Gasteiger partial charge < -0.3 is 10.3 Å². The Bertz CT molecular complexity index is 1630. The average Bonchev–Trinajstić information content (AvgIpc) is 3.74. The van der Waals surface area contributed by atoms with Crippen LogP contribution in [0.25, 0.3) is 21.6 Å². The molecule has 4 aromatic heterocycles. The molecule has 0 amide bonds. The molecule has 210 valence electrons. The van der Waals surface area contributed by atoms with E-state index in [4.69, 9.17) is 27.3 Å². The molecule has 2 unspecified atom stereocenters. The molecule has 9 heteroatoms. The fourth-order valence-corrected chi connectivity index (χ4v) is 7.91. The zero-order valence-electron chi connectivity index (χ0n) is 23.0. The van der Waals surface area contributed by atoms with Crippen LogP contribution < -0.4 is 5.73 Å². The van der Waals surface area contributed by atoms with Crippen LogP contribution in [0.2, 0.25) is 5.28 Å². The summed E-state index contributed by atoms with van der Waals surface area (Å²) in [7, 11) is 0. The van der Waals surface area contributed by atoms with Crippen LogP contribution >= 0.6 is 22.9 Å². The second-order valence-corrected chi connectivity index (χ2v) is 12.7. The summed E-state index contributed by atoms with van der Waals surface area (Å²) in [5.74, 6) is 1.93. The molecule has 0 bridgehead atoms. The lowest BCUT2D eigenvalue weighted by atomic mass is 9.83. The SMILES string of the molecule is Nc1nc(Cl)nc2c1c(-c1nc(Cc3ccccc3)cs1)cn2C1CCC(C2CCN(Cc3ccncc3)CC2)C1. The summed E-state index contributed by atoms with van der Waals surface area (Å²) in [5, 5.41) is 4.16. The number of fused-ring (bicyclic) bond motifs is 1. The molecule has 7 rings (SSSR count). The maximum atomic E-state index is 6.47. The molecule has 2 N–H and O–H groups in total. The van der Waals surface area contributed by atoms with E-state index in [0.717, 1.165) is 64.9 Å². The van der Waals surface area contributed by atoms with E-state index in [1.54, 1.807) is 11.3 Å². The Morgan fingerprint density at radius 2 is 1.71 bits per heavy atom. The number of thiazole rings is 1. The van der Waals surface area contributed by atoms with Gasteiger partial charge in [0.2, 0.25) is 5.28 Å². The number of rotatable bonds is 7. The first-order valence-corrected chi connectivity index (χ1v) is 15.8. The van der Waals surface area contributed by atoms with Crippen LogP contribution in [-0.2, 0) is 13.0 Å². The number of hydrogen-bond acceptors (Lipinski definition) is 7. The van der Waals surface area contributed by atoms with Crippen molar-refractivity contribution >= 4 is 39.8 Å². The van der Waals surface area contributed by atoms with Gasteiger partial charge in [0.1, 0.15) is 16.5 Å². The molecule has 0 spiro atoms. The minimum atomic E-state index is 0.195. The van der Waals surface area contributed by atoms with Crippen LogP contribution in [0.15, 0.2) is 66.4 Å². The van der Waals surface area contributed by atoms with Crippen molar-refractivity contribution in [1.82, 2.24) is 29.4 Å². The van der Waals surface area contributed by atoms with E-state index in [9.17, 15) is 0 Å². The van der Waals surface area contributed by atoms with Gasteiger partial charge in [-0.2, -0.15) is 4.98 Å². The number of nitrogens with zero attached hydrogens (tertiary/aromatic N) is 6. The van der Waals surface area contributed by atoms with Crippen LogP contribution in [0, 0.1) is 11.8 Å². The predicted molar refractivity (Wildman–Crippen MR) is 166 cm³/mol. The zero-order chi connectivity index (χ0) is 27.8. The van der Waals surface area contributed by atoms with Gasteiger partial charge in [-0.15, -0.1) is 11.3 Å². The van der Waals surface area contributed by atoms with Crippen molar-refractivity contribution in [2.75, 3.05) is 18.8 Å². The first-order chi connectivity index (χ1) is 20.1. The van der Waals surface area contributed by atoms with Crippen molar-refractivity contribution in [1.29, 1.82) is 0 Å². The molecule has 5 aromatic rings. The highest BCUT2D eigenvalue weighted by Crippen LogP contribution is 2.45. The third kappa shape index (κ3) is 5.61. The van der Waals surface area contributed by atoms with Crippen molar-refractivity contribution in [3.05, 3.63) is 88.5 Å². The highest BCUT2D eigenvalue weighted by molar-refractivity contribution is 7.13. The van der Waals surface area contributed by atoms with Crippen molar-refractivity contribution in [2.24, 2.45) is 11.8 Å². The Morgan fingerprint density at radius 1 is 0.902 bits per heavy atom. The third-order valence-corrected chi connectivity index (χ3v) is 10.1. The zero-order valence-corrected chi connectivity index (χ0v) is 24.6. The van der Waals surface area contributed by atoms with Crippen LogP contribution in [0.4, 0.5) is 5.82 Å². The third-order valence-electron chi connectivity index (χ3n) is 8.98. The lowest BCUT2D eigenvalue weighted by Crippen LogP contribution is -2.35. The topological polar surface area (TPSA) is 85.8 Å². The Labute approximate surface area is 249 Å². The second kappa shape index (κ2) is 11.5. The van der Waals surface area contributed by atoms with E-state index < -0.39 is 0 Å². The molecule has 5 heterocycles. The molecule has 41 heavy (non-hydrogen) atoms. The number of benzene rings is 1. The Morgan fingerprint density at radius 3 is 2.51 bits per heavy atom. The lowest BCUT2D eigenvalue weighted by molar-refractivity contribution is 0.141.